The number of hydrogen-bond donors (Lipinski definition) is 2. The zero-order valence-electron chi connectivity index (χ0n) is 10.3. The molecule has 98 valence electrons. The monoisotopic (exact) mass is 285 g/mol. The standard InChI is InChI=1S/C12H16ClN3OS/c1-3-8(2)17-11-5-4-9(6-10(11)13)7-15-16-12(14)18/h4-8H,3H2,1-2H3,(H3,14,16,18). The van der Waals surface area contributed by atoms with Crippen molar-refractivity contribution in [3.05, 3.63) is 28.8 Å². The Morgan fingerprint density at radius 1 is 1.67 bits per heavy atom. The molecule has 0 amide bonds. The molecule has 0 fully saturated rings. The third-order valence-electron chi connectivity index (χ3n) is 2.25. The summed E-state index contributed by atoms with van der Waals surface area (Å²) in [5.41, 5.74) is 8.55. The topological polar surface area (TPSA) is 59.6 Å². The Labute approximate surface area is 117 Å². The van der Waals surface area contributed by atoms with Gasteiger partial charge in [-0.2, -0.15) is 5.10 Å². The summed E-state index contributed by atoms with van der Waals surface area (Å²) in [5.74, 6) is 0.672. The lowest BCUT2D eigenvalue weighted by Gasteiger charge is -2.13. The molecule has 3 N–H and O–H groups in total. The van der Waals surface area contributed by atoms with E-state index in [1.807, 2.05) is 19.1 Å². The molecule has 0 aliphatic rings. The molecule has 1 aromatic rings. The number of hydrazone groups is 1. The summed E-state index contributed by atoms with van der Waals surface area (Å²) < 4.78 is 5.66. The molecule has 0 spiro atoms. The van der Waals surface area contributed by atoms with Crippen molar-refractivity contribution in [1.82, 2.24) is 5.43 Å². The molecule has 0 radical (unpaired) electrons. The van der Waals surface area contributed by atoms with E-state index in [4.69, 9.17) is 22.1 Å². The highest BCUT2D eigenvalue weighted by atomic mass is 35.5. The van der Waals surface area contributed by atoms with Crippen molar-refractivity contribution >= 4 is 35.1 Å². The Kier molecular flexibility index (Phi) is 5.88. The highest BCUT2D eigenvalue weighted by molar-refractivity contribution is 7.80. The Bertz CT molecular complexity index is 451. The number of rotatable bonds is 5. The van der Waals surface area contributed by atoms with E-state index < -0.39 is 0 Å². The van der Waals surface area contributed by atoms with Crippen molar-refractivity contribution in [2.24, 2.45) is 10.8 Å². The second-order valence-corrected chi connectivity index (χ2v) is 4.61. The number of hydrogen-bond acceptors (Lipinski definition) is 3. The van der Waals surface area contributed by atoms with Crippen molar-refractivity contribution in [1.29, 1.82) is 0 Å². The third kappa shape index (κ3) is 4.89. The first-order chi connectivity index (χ1) is 8.52. The Balaban J connectivity index is 2.73. The highest BCUT2D eigenvalue weighted by Crippen LogP contribution is 2.26. The fourth-order valence-electron chi connectivity index (χ4n) is 1.16. The van der Waals surface area contributed by atoms with Crippen LogP contribution in [-0.4, -0.2) is 17.4 Å². The van der Waals surface area contributed by atoms with Crippen LogP contribution in [0.3, 0.4) is 0 Å². The number of nitrogens with one attached hydrogen (secondary N) is 1. The molecule has 1 unspecified atom stereocenters. The smallest absolute Gasteiger partial charge is 0.184 e. The van der Waals surface area contributed by atoms with Gasteiger partial charge in [-0.25, -0.2) is 0 Å². The number of nitrogens with zero attached hydrogens (tertiary/aromatic N) is 1. The van der Waals surface area contributed by atoms with Crippen LogP contribution < -0.4 is 15.9 Å². The normalized spacial score (nSPS) is 12.4. The first-order valence-electron chi connectivity index (χ1n) is 5.57. The molecule has 0 saturated heterocycles. The summed E-state index contributed by atoms with van der Waals surface area (Å²) in [6.07, 6.45) is 2.65. The van der Waals surface area contributed by atoms with Gasteiger partial charge in [-0.15, -0.1) is 0 Å². The maximum absolute atomic E-state index is 6.11. The van der Waals surface area contributed by atoms with Crippen LogP contribution in [0.25, 0.3) is 0 Å². The molecule has 1 aromatic carbocycles. The summed E-state index contributed by atoms with van der Waals surface area (Å²) in [6, 6.07) is 5.44. The number of benzene rings is 1. The first kappa shape index (κ1) is 14.7. The molecule has 18 heavy (non-hydrogen) atoms. The van der Waals surface area contributed by atoms with Crippen LogP contribution in [0.5, 0.6) is 5.75 Å². The van der Waals surface area contributed by atoms with Gasteiger partial charge in [0.25, 0.3) is 0 Å². The molecule has 4 nitrogen and oxygen atoms in total. The maximum atomic E-state index is 6.11. The van der Waals surface area contributed by atoms with Gasteiger partial charge in [0.1, 0.15) is 5.75 Å². The molecule has 1 rings (SSSR count). The summed E-state index contributed by atoms with van der Waals surface area (Å²) in [7, 11) is 0. The molecule has 0 aliphatic carbocycles. The Morgan fingerprint density at radius 3 is 2.94 bits per heavy atom. The fraction of sp³-hybridized carbons (Fsp3) is 0.333. The van der Waals surface area contributed by atoms with Gasteiger partial charge in [0.05, 0.1) is 17.3 Å². The summed E-state index contributed by atoms with van der Waals surface area (Å²) in [6.45, 7) is 4.05. The van der Waals surface area contributed by atoms with E-state index in [0.29, 0.717) is 10.8 Å². The molecule has 0 heterocycles. The minimum Gasteiger partial charge on any atom is -0.489 e. The lowest BCUT2D eigenvalue weighted by molar-refractivity contribution is 0.217. The lowest BCUT2D eigenvalue weighted by atomic mass is 10.2. The van der Waals surface area contributed by atoms with Gasteiger partial charge < -0.3 is 10.5 Å². The molecule has 6 heteroatoms. The second kappa shape index (κ2) is 7.18. The third-order valence-corrected chi connectivity index (χ3v) is 2.63. The Hall–Kier alpha value is -1.33. The van der Waals surface area contributed by atoms with Crippen LogP contribution in [0, 0.1) is 0 Å². The summed E-state index contributed by atoms with van der Waals surface area (Å²) >= 11 is 10.7. The zero-order valence-corrected chi connectivity index (χ0v) is 11.9. The summed E-state index contributed by atoms with van der Waals surface area (Å²) in [4.78, 5) is 0. The van der Waals surface area contributed by atoms with E-state index in [0.717, 1.165) is 12.0 Å². The molecule has 0 aromatic heterocycles. The second-order valence-electron chi connectivity index (χ2n) is 3.76. The van der Waals surface area contributed by atoms with Crippen LogP contribution >= 0.6 is 23.8 Å². The fourth-order valence-corrected chi connectivity index (χ4v) is 1.45. The van der Waals surface area contributed by atoms with Crippen molar-refractivity contribution in [2.45, 2.75) is 26.4 Å². The average molecular weight is 286 g/mol. The van der Waals surface area contributed by atoms with Crippen LogP contribution in [0.2, 0.25) is 5.02 Å². The SMILES string of the molecule is CCC(C)Oc1ccc(C=NNC(N)=S)cc1Cl. The van der Waals surface area contributed by atoms with E-state index in [2.05, 4.69) is 29.7 Å². The van der Waals surface area contributed by atoms with Crippen molar-refractivity contribution in [3.63, 3.8) is 0 Å². The Morgan fingerprint density at radius 2 is 2.39 bits per heavy atom. The van der Waals surface area contributed by atoms with Gasteiger partial charge in [-0.3, -0.25) is 5.43 Å². The molecule has 1 atom stereocenters. The molecule has 0 aliphatic heterocycles. The van der Waals surface area contributed by atoms with Crippen LogP contribution in [0.1, 0.15) is 25.8 Å². The van der Waals surface area contributed by atoms with Crippen LogP contribution in [-0.2, 0) is 0 Å². The largest absolute Gasteiger partial charge is 0.489 e. The summed E-state index contributed by atoms with van der Waals surface area (Å²) in [5, 5.41) is 4.52. The van der Waals surface area contributed by atoms with Gasteiger partial charge in [-0.1, -0.05) is 18.5 Å². The van der Waals surface area contributed by atoms with Crippen LogP contribution in [0.4, 0.5) is 0 Å². The first-order valence-corrected chi connectivity index (χ1v) is 6.36. The predicted octanol–water partition coefficient (Wildman–Crippen LogP) is 2.68. The van der Waals surface area contributed by atoms with E-state index in [9.17, 15) is 0 Å². The van der Waals surface area contributed by atoms with Gasteiger partial charge in [0.2, 0.25) is 0 Å². The van der Waals surface area contributed by atoms with E-state index >= 15 is 0 Å². The number of ether oxygens (including phenoxy) is 1. The molecular weight excluding hydrogens is 270 g/mol. The minimum atomic E-state index is 0.120. The predicted molar refractivity (Wildman–Crippen MR) is 79.3 cm³/mol. The number of nitrogens with two attached hydrogens (primary N) is 1. The maximum Gasteiger partial charge on any atom is 0.184 e. The van der Waals surface area contributed by atoms with Gasteiger partial charge >= 0.3 is 0 Å². The number of halogens is 1. The zero-order chi connectivity index (χ0) is 13.5. The number of thiocarbonyl (C=S) groups is 1. The molecule has 0 bridgehead atoms. The van der Waals surface area contributed by atoms with Crippen LogP contribution in [0.15, 0.2) is 23.3 Å². The van der Waals surface area contributed by atoms with Crippen molar-refractivity contribution in [2.75, 3.05) is 0 Å². The van der Waals surface area contributed by atoms with Gasteiger partial charge in [0, 0.05) is 0 Å². The quantitative estimate of drug-likeness (QED) is 0.496. The minimum absolute atomic E-state index is 0.120. The van der Waals surface area contributed by atoms with E-state index in [1.165, 1.54) is 0 Å². The van der Waals surface area contributed by atoms with Crippen molar-refractivity contribution < 1.29 is 4.74 Å². The lowest BCUT2D eigenvalue weighted by Crippen LogP contribution is -2.23. The van der Waals surface area contributed by atoms with Gasteiger partial charge in [0.15, 0.2) is 5.11 Å². The van der Waals surface area contributed by atoms with E-state index in [1.54, 1.807) is 12.3 Å². The van der Waals surface area contributed by atoms with Crippen molar-refractivity contribution in [3.8, 4) is 5.75 Å². The van der Waals surface area contributed by atoms with E-state index in [-0.39, 0.29) is 11.2 Å². The van der Waals surface area contributed by atoms with Gasteiger partial charge in [-0.05, 0) is 49.3 Å². The molecular formula is C12H16ClN3OS. The highest BCUT2D eigenvalue weighted by Gasteiger charge is 2.05. The average Bonchev–Trinajstić information content (AvgIpc) is 2.32. The molecule has 0 saturated carbocycles.